The van der Waals surface area contributed by atoms with Crippen molar-refractivity contribution in [3.63, 3.8) is 0 Å². The van der Waals surface area contributed by atoms with Crippen molar-refractivity contribution in [2.75, 3.05) is 12.4 Å². The number of pyridine rings is 1. The van der Waals surface area contributed by atoms with E-state index in [9.17, 15) is 9.59 Å². The highest BCUT2D eigenvalue weighted by Gasteiger charge is 2.15. The second-order valence-electron chi connectivity index (χ2n) is 3.53. The van der Waals surface area contributed by atoms with Crippen molar-refractivity contribution >= 4 is 28.9 Å². The zero-order valence-electron chi connectivity index (χ0n) is 9.91. The summed E-state index contributed by atoms with van der Waals surface area (Å²) in [6.45, 7) is 0. The number of anilines is 1. The molecule has 0 bridgehead atoms. The fraction of sp³-hybridized carbons (Fsp3) is 0.0833. The van der Waals surface area contributed by atoms with Gasteiger partial charge in [0.25, 0.3) is 5.91 Å². The second-order valence-corrected chi connectivity index (χ2v) is 4.44. The van der Waals surface area contributed by atoms with Gasteiger partial charge in [0.2, 0.25) is 0 Å². The van der Waals surface area contributed by atoms with Gasteiger partial charge < -0.3 is 15.2 Å². The number of hydrogen-bond acceptors (Lipinski definition) is 5. The van der Waals surface area contributed by atoms with Crippen LogP contribution in [0, 0.1) is 0 Å². The topological polar surface area (TPSA) is 88.5 Å². The Morgan fingerprint density at radius 1 is 1.47 bits per heavy atom. The summed E-state index contributed by atoms with van der Waals surface area (Å²) in [5, 5.41) is 13.2. The molecular weight excluding hydrogens is 268 g/mol. The van der Waals surface area contributed by atoms with Gasteiger partial charge in [0, 0.05) is 17.6 Å². The Hall–Kier alpha value is -2.41. The number of amides is 1. The third-order valence-electron chi connectivity index (χ3n) is 2.33. The number of carboxylic acids is 1. The maximum absolute atomic E-state index is 11.9. The lowest BCUT2D eigenvalue weighted by Gasteiger charge is -2.06. The van der Waals surface area contributed by atoms with Crippen LogP contribution in [0.15, 0.2) is 29.9 Å². The first-order valence-corrected chi connectivity index (χ1v) is 6.11. The van der Waals surface area contributed by atoms with E-state index in [1.54, 1.807) is 11.4 Å². The van der Waals surface area contributed by atoms with Crippen LogP contribution in [-0.2, 0) is 0 Å². The highest BCUT2D eigenvalue weighted by Crippen LogP contribution is 2.23. The standard InChI is InChI=1S/C12H10N2O4S/c1-18-7-4-10(19-6-7)11(15)14-9-5-13-3-2-8(9)12(16)17/h2-6H,1H3,(H,14,15)(H,16,17). The maximum Gasteiger partial charge on any atom is 0.337 e. The Bertz CT molecular complexity index is 624. The van der Waals surface area contributed by atoms with Gasteiger partial charge in [0.15, 0.2) is 0 Å². The van der Waals surface area contributed by atoms with Crippen molar-refractivity contribution in [2.45, 2.75) is 0 Å². The average Bonchev–Trinajstić information content (AvgIpc) is 2.88. The van der Waals surface area contributed by atoms with Gasteiger partial charge in [0.05, 0.1) is 29.4 Å². The molecule has 0 radical (unpaired) electrons. The number of rotatable bonds is 4. The number of nitrogens with zero attached hydrogens (tertiary/aromatic N) is 1. The van der Waals surface area contributed by atoms with E-state index in [0.29, 0.717) is 10.6 Å². The van der Waals surface area contributed by atoms with E-state index in [2.05, 4.69) is 10.3 Å². The minimum atomic E-state index is -1.12. The van der Waals surface area contributed by atoms with Crippen molar-refractivity contribution in [1.82, 2.24) is 4.98 Å². The first-order chi connectivity index (χ1) is 9.11. The monoisotopic (exact) mass is 278 g/mol. The molecule has 2 aromatic rings. The normalized spacial score (nSPS) is 9.95. The lowest BCUT2D eigenvalue weighted by molar-refractivity contribution is 0.0698. The molecule has 0 fully saturated rings. The zero-order chi connectivity index (χ0) is 13.8. The van der Waals surface area contributed by atoms with E-state index < -0.39 is 11.9 Å². The second kappa shape index (κ2) is 5.49. The van der Waals surface area contributed by atoms with Crippen LogP contribution in [0.5, 0.6) is 5.75 Å². The molecule has 6 nitrogen and oxygen atoms in total. The molecule has 2 N–H and O–H groups in total. The Morgan fingerprint density at radius 2 is 2.26 bits per heavy atom. The van der Waals surface area contributed by atoms with E-state index in [4.69, 9.17) is 9.84 Å². The molecule has 0 aliphatic heterocycles. The number of ether oxygens (including phenoxy) is 1. The molecule has 19 heavy (non-hydrogen) atoms. The molecule has 2 rings (SSSR count). The molecule has 0 atom stereocenters. The number of nitrogens with one attached hydrogen (secondary N) is 1. The summed E-state index contributed by atoms with van der Waals surface area (Å²) in [6.07, 6.45) is 2.65. The van der Waals surface area contributed by atoms with Gasteiger partial charge in [-0.1, -0.05) is 0 Å². The van der Waals surface area contributed by atoms with E-state index in [0.717, 1.165) is 0 Å². The Morgan fingerprint density at radius 3 is 2.89 bits per heavy atom. The molecule has 0 aliphatic carbocycles. The first-order valence-electron chi connectivity index (χ1n) is 5.23. The van der Waals surface area contributed by atoms with Crippen molar-refractivity contribution in [2.24, 2.45) is 0 Å². The van der Waals surface area contributed by atoms with Crippen LogP contribution in [0.25, 0.3) is 0 Å². The molecule has 7 heteroatoms. The van der Waals surface area contributed by atoms with Gasteiger partial charge >= 0.3 is 5.97 Å². The highest BCUT2D eigenvalue weighted by atomic mass is 32.1. The largest absolute Gasteiger partial charge is 0.496 e. The Labute approximate surface area is 112 Å². The van der Waals surface area contributed by atoms with Crippen LogP contribution in [0.2, 0.25) is 0 Å². The summed E-state index contributed by atoms with van der Waals surface area (Å²) in [6, 6.07) is 2.91. The predicted octanol–water partition coefficient (Wildman–Crippen LogP) is 2.10. The molecule has 0 aromatic carbocycles. The van der Waals surface area contributed by atoms with Crippen LogP contribution in [0.3, 0.4) is 0 Å². The van der Waals surface area contributed by atoms with Crippen LogP contribution in [-0.4, -0.2) is 29.1 Å². The number of thiophene rings is 1. The lowest BCUT2D eigenvalue weighted by Crippen LogP contribution is -2.13. The molecule has 0 saturated carbocycles. The lowest BCUT2D eigenvalue weighted by atomic mass is 10.2. The van der Waals surface area contributed by atoms with Crippen molar-refractivity contribution < 1.29 is 19.4 Å². The average molecular weight is 278 g/mol. The molecule has 98 valence electrons. The number of aromatic nitrogens is 1. The Balaban J connectivity index is 2.21. The van der Waals surface area contributed by atoms with Gasteiger partial charge in [-0.2, -0.15) is 0 Å². The molecule has 2 heterocycles. The number of hydrogen-bond donors (Lipinski definition) is 2. The molecular formula is C12H10N2O4S. The van der Waals surface area contributed by atoms with Crippen LogP contribution in [0.4, 0.5) is 5.69 Å². The van der Waals surface area contributed by atoms with E-state index in [1.807, 2.05) is 0 Å². The molecule has 0 aliphatic rings. The number of methoxy groups -OCH3 is 1. The molecule has 0 unspecified atom stereocenters. The van der Waals surface area contributed by atoms with Crippen molar-refractivity contribution in [3.8, 4) is 5.75 Å². The summed E-state index contributed by atoms with van der Waals surface area (Å²) in [7, 11) is 1.51. The SMILES string of the molecule is COc1csc(C(=O)Nc2cnccc2C(=O)O)c1. The first kappa shape index (κ1) is 13.0. The van der Waals surface area contributed by atoms with Gasteiger partial charge in [-0.05, 0) is 6.07 Å². The quantitative estimate of drug-likeness (QED) is 0.894. The molecule has 0 saturated heterocycles. The minimum Gasteiger partial charge on any atom is -0.496 e. The van der Waals surface area contributed by atoms with Crippen LogP contribution < -0.4 is 10.1 Å². The smallest absolute Gasteiger partial charge is 0.337 e. The number of carbonyl (C=O) groups excluding carboxylic acids is 1. The number of carboxylic acid groups (broad SMARTS) is 1. The fourth-order valence-corrected chi connectivity index (χ4v) is 2.16. The summed E-state index contributed by atoms with van der Waals surface area (Å²) in [4.78, 5) is 27.2. The number of aromatic carboxylic acids is 1. The summed E-state index contributed by atoms with van der Waals surface area (Å²) in [5.74, 6) is -0.940. The van der Waals surface area contributed by atoms with Gasteiger partial charge in [-0.3, -0.25) is 9.78 Å². The predicted molar refractivity (Wildman–Crippen MR) is 70.0 cm³/mol. The molecule has 1 amide bonds. The highest BCUT2D eigenvalue weighted by molar-refractivity contribution is 7.12. The zero-order valence-corrected chi connectivity index (χ0v) is 10.7. The van der Waals surface area contributed by atoms with E-state index >= 15 is 0 Å². The van der Waals surface area contributed by atoms with E-state index in [-0.39, 0.29) is 11.3 Å². The maximum atomic E-state index is 11.9. The van der Waals surface area contributed by atoms with Crippen LogP contribution in [0.1, 0.15) is 20.0 Å². The molecule has 0 spiro atoms. The van der Waals surface area contributed by atoms with Crippen LogP contribution >= 0.6 is 11.3 Å². The van der Waals surface area contributed by atoms with Gasteiger partial charge in [-0.15, -0.1) is 11.3 Å². The van der Waals surface area contributed by atoms with Crippen molar-refractivity contribution in [3.05, 3.63) is 40.3 Å². The fourth-order valence-electron chi connectivity index (χ4n) is 1.41. The summed E-state index contributed by atoms with van der Waals surface area (Å²) >= 11 is 1.21. The van der Waals surface area contributed by atoms with Gasteiger partial charge in [-0.25, -0.2) is 4.79 Å². The minimum absolute atomic E-state index is 0.00753. The van der Waals surface area contributed by atoms with Gasteiger partial charge in [0.1, 0.15) is 5.75 Å². The third kappa shape index (κ3) is 2.89. The number of carbonyl (C=O) groups is 2. The summed E-state index contributed by atoms with van der Waals surface area (Å²) < 4.78 is 4.98. The molecule has 2 aromatic heterocycles. The Kier molecular flexibility index (Phi) is 3.76. The van der Waals surface area contributed by atoms with Crippen molar-refractivity contribution in [1.29, 1.82) is 0 Å². The third-order valence-corrected chi connectivity index (χ3v) is 3.24. The summed E-state index contributed by atoms with van der Waals surface area (Å²) in [5.41, 5.74) is 0.152. The van der Waals surface area contributed by atoms with E-state index in [1.165, 1.54) is 36.9 Å².